The number of piperazine rings is 2. The number of halogens is 2. The molecule has 2 aliphatic rings. The smallest absolute Gasteiger partial charge is 0.243 e. The first-order valence-electron chi connectivity index (χ1n) is 9.56. The normalized spacial score (nSPS) is 21.0. The van der Waals surface area contributed by atoms with Crippen LogP contribution >= 0.6 is 23.2 Å². The van der Waals surface area contributed by atoms with Crippen LogP contribution in [0.1, 0.15) is 6.42 Å². The van der Waals surface area contributed by atoms with Gasteiger partial charge in [0.15, 0.2) is 0 Å². The van der Waals surface area contributed by atoms with E-state index in [1.165, 1.54) is 4.90 Å². The van der Waals surface area contributed by atoms with Gasteiger partial charge in [-0.25, -0.2) is 0 Å². The molecule has 1 unspecified atom stereocenters. The summed E-state index contributed by atoms with van der Waals surface area (Å²) in [6, 6.07) is 3.87. The maximum atomic E-state index is 12.9. The second kappa shape index (κ2) is 9.75. The first-order valence-corrected chi connectivity index (χ1v) is 10.3. The first kappa shape index (κ1) is 21.8. The van der Waals surface area contributed by atoms with Gasteiger partial charge in [-0.1, -0.05) is 23.2 Å². The van der Waals surface area contributed by atoms with Gasteiger partial charge >= 0.3 is 0 Å². The quantitative estimate of drug-likeness (QED) is 0.708. The summed E-state index contributed by atoms with van der Waals surface area (Å²) in [6.45, 7) is 4.45. The van der Waals surface area contributed by atoms with Crippen LogP contribution in [-0.2, 0) is 14.4 Å². The molecule has 3 amide bonds. The molecule has 29 heavy (non-hydrogen) atoms. The molecule has 0 spiro atoms. The Balaban J connectivity index is 1.62. The lowest BCUT2D eigenvalue weighted by Gasteiger charge is -2.37. The molecular formula is C19H25Cl2N5O3. The van der Waals surface area contributed by atoms with E-state index >= 15 is 0 Å². The van der Waals surface area contributed by atoms with Gasteiger partial charge in [0.25, 0.3) is 0 Å². The molecule has 2 N–H and O–H groups in total. The summed E-state index contributed by atoms with van der Waals surface area (Å²) in [6.07, 6.45) is -0.134. The number of nitrogens with one attached hydrogen (secondary N) is 2. The highest BCUT2D eigenvalue weighted by Crippen LogP contribution is 2.23. The van der Waals surface area contributed by atoms with Crippen LogP contribution in [-0.4, -0.2) is 91.3 Å². The van der Waals surface area contributed by atoms with Gasteiger partial charge in [0.1, 0.15) is 6.04 Å². The fraction of sp³-hybridized carbons (Fsp3) is 0.526. The van der Waals surface area contributed by atoms with E-state index in [0.717, 1.165) is 26.2 Å². The number of amides is 3. The average Bonchev–Trinajstić information content (AvgIpc) is 2.64. The number of likely N-dealkylation sites (N-methyl/N-ethyl adjacent to an activating group) is 1. The summed E-state index contributed by atoms with van der Waals surface area (Å²) in [4.78, 5) is 43.6. The van der Waals surface area contributed by atoms with Gasteiger partial charge in [-0.05, 0) is 25.2 Å². The number of benzene rings is 1. The van der Waals surface area contributed by atoms with Gasteiger partial charge in [-0.15, -0.1) is 0 Å². The van der Waals surface area contributed by atoms with Crippen LogP contribution in [0.2, 0.25) is 10.0 Å². The number of anilines is 1. The molecule has 8 nitrogen and oxygen atoms in total. The molecule has 0 saturated carbocycles. The fourth-order valence-electron chi connectivity index (χ4n) is 3.52. The number of carbonyl (C=O) groups excluding carboxylic acids is 3. The monoisotopic (exact) mass is 441 g/mol. The average molecular weight is 442 g/mol. The highest BCUT2D eigenvalue weighted by molar-refractivity contribution is 6.35. The van der Waals surface area contributed by atoms with Crippen LogP contribution in [0.5, 0.6) is 0 Å². The summed E-state index contributed by atoms with van der Waals surface area (Å²) in [5, 5.41) is 6.23. The molecule has 1 atom stereocenters. The van der Waals surface area contributed by atoms with Crippen molar-refractivity contribution in [2.75, 3.05) is 58.2 Å². The van der Waals surface area contributed by atoms with Crippen LogP contribution < -0.4 is 10.6 Å². The third kappa shape index (κ3) is 6.05. The molecule has 10 heteroatoms. The number of hydrogen-bond donors (Lipinski definition) is 2. The Kier molecular flexibility index (Phi) is 7.34. The van der Waals surface area contributed by atoms with Crippen LogP contribution in [0.15, 0.2) is 18.2 Å². The van der Waals surface area contributed by atoms with Crippen molar-refractivity contribution in [2.45, 2.75) is 12.5 Å². The largest absolute Gasteiger partial charge is 0.353 e. The SMILES string of the molecule is CN1CCN(CC(=O)N2CCNC(=O)C2CC(=O)Nc2cc(Cl)cc(Cl)c2)CC1. The molecule has 2 saturated heterocycles. The van der Waals surface area contributed by atoms with E-state index in [9.17, 15) is 14.4 Å². The first-order chi connectivity index (χ1) is 13.8. The molecule has 0 bridgehead atoms. The van der Waals surface area contributed by atoms with Gasteiger partial charge in [-0.3, -0.25) is 19.3 Å². The van der Waals surface area contributed by atoms with Crippen molar-refractivity contribution >= 4 is 46.6 Å². The lowest BCUT2D eigenvalue weighted by Crippen LogP contribution is -2.60. The fourth-order valence-corrected chi connectivity index (χ4v) is 4.04. The molecule has 158 valence electrons. The number of carbonyl (C=O) groups is 3. The van der Waals surface area contributed by atoms with Gasteiger partial charge in [-0.2, -0.15) is 0 Å². The highest BCUT2D eigenvalue weighted by atomic mass is 35.5. The lowest BCUT2D eigenvalue weighted by atomic mass is 10.1. The van der Waals surface area contributed by atoms with E-state index in [0.29, 0.717) is 28.8 Å². The van der Waals surface area contributed by atoms with Crippen LogP contribution in [0, 0.1) is 0 Å². The third-order valence-corrected chi connectivity index (χ3v) is 5.57. The highest BCUT2D eigenvalue weighted by Gasteiger charge is 2.35. The molecule has 1 aromatic rings. The maximum Gasteiger partial charge on any atom is 0.243 e. The molecular weight excluding hydrogens is 417 g/mol. The van der Waals surface area contributed by atoms with Crippen molar-refractivity contribution in [1.82, 2.24) is 20.0 Å². The van der Waals surface area contributed by atoms with Crippen LogP contribution in [0.3, 0.4) is 0 Å². The molecule has 1 aromatic carbocycles. The Morgan fingerprint density at radius 3 is 2.41 bits per heavy atom. The minimum atomic E-state index is -0.835. The van der Waals surface area contributed by atoms with E-state index in [1.807, 2.05) is 0 Å². The van der Waals surface area contributed by atoms with Crippen molar-refractivity contribution < 1.29 is 14.4 Å². The number of nitrogens with zero attached hydrogens (tertiary/aromatic N) is 3. The van der Waals surface area contributed by atoms with Gasteiger partial charge in [0, 0.05) is 55.0 Å². The second-order valence-electron chi connectivity index (χ2n) is 7.38. The molecule has 2 heterocycles. The van der Waals surface area contributed by atoms with Crippen molar-refractivity contribution in [3.63, 3.8) is 0 Å². The molecule has 0 aliphatic carbocycles. The predicted molar refractivity (Wildman–Crippen MR) is 112 cm³/mol. The van der Waals surface area contributed by atoms with E-state index in [2.05, 4.69) is 27.5 Å². The molecule has 2 fully saturated rings. The molecule has 2 aliphatic heterocycles. The van der Waals surface area contributed by atoms with Crippen molar-refractivity contribution in [3.05, 3.63) is 28.2 Å². The minimum absolute atomic E-state index is 0.131. The van der Waals surface area contributed by atoms with Crippen LogP contribution in [0.4, 0.5) is 5.69 Å². The molecule has 0 aromatic heterocycles. The second-order valence-corrected chi connectivity index (χ2v) is 8.26. The van der Waals surface area contributed by atoms with E-state index < -0.39 is 6.04 Å². The zero-order chi connectivity index (χ0) is 21.0. The zero-order valence-electron chi connectivity index (χ0n) is 16.3. The molecule has 0 radical (unpaired) electrons. The van der Waals surface area contributed by atoms with E-state index in [-0.39, 0.29) is 30.7 Å². The minimum Gasteiger partial charge on any atom is -0.353 e. The standard InChI is InChI=1S/C19H25Cl2N5O3/c1-24-4-6-25(7-5-24)12-18(28)26-3-2-22-19(29)16(26)11-17(27)23-15-9-13(20)8-14(21)10-15/h8-10,16H,2-7,11-12H2,1H3,(H,22,29)(H,23,27). The molecule has 3 rings (SSSR count). The Hall–Kier alpha value is -1.87. The Bertz CT molecular complexity index is 763. The number of rotatable bonds is 5. The third-order valence-electron chi connectivity index (χ3n) is 5.13. The summed E-state index contributed by atoms with van der Waals surface area (Å²) in [5.41, 5.74) is 0.444. The van der Waals surface area contributed by atoms with Gasteiger partial charge in [0.05, 0.1) is 13.0 Å². The Labute approximate surface area is 180 Å². The summed E-state index contributed by atoms with van der Waals surface area (Å²) >= 11 is 11.9. The van der Waals surface area contributed by atoms with Crippen molar-refractivity contribution in [2.24, 2.45) is 0 Å². The van der Waals surface area contributed by atoms with E-state index in [4.69, 9.17) is 23.2 Å². The zero-order valence-corrected chi connectivity index (χ0v) is 17.8. The summed E-state index contributed by atoms with van der Waals surface area (Å²) < 4.78 is 0. The van der Waals surface area contributed by atoms with Crippen molar-refractivity contribution in [1.29, 1.82) is 0 Å². The summed E-state index contributed by atoms with van der Waals surface area (Å²) in [5.74, 6) is -0.835. The topological polar surface area (TPSA) is 85.0 Å². The number of hydrogen-bond acceptors (Lipinski definition) is 5. The maximum absolute atomic E-state index is 12.9. The van der Waals surface area contributed by atoms with Crippen molar-refractivity contribution in [3.8, 4) is 0 Å². The predicted octanol–water partition coefficient (Wildman–Crippen LogP) is 0.896. The summed E-state index contributed by atoms with van der Waals surface area (Å²) in [7, 11) is 2.05. The van der Waals surface area contributed by atoms with Gasteiger partial charge in [0.2, 0.25) is 17.7 Å². The Morgan fingerprint density at radius 2 is 1.76 bits per heavy atom. The Morgan fingerprint density at radius 1 is 1.10 bits per heavy atom. The van der Waals surface area contributed by atoms with Crippen LogP contribution in [0.25, 0.3) is 0 Å². The van der Waals surface area contributed by atoms with E-state index in [1.54, 1.807) is 18.2 Å². The lowest BCUT2D eigenvalue weighted by molar-refractivity contribution is -0.145. The van der Waals surface area contributed by atoms with Gasteiger partial charge < -0.3 is 20.4 Å².